The zero-order valence-electron chi connectivity index (χ0n) is 11.7. The minimum atomic E-state index is 0.853. The third-order valence-electron chi connectivity index (χ3n) is 2.50. The number of hydrogen-bond acceptors (Lipinski definition) is 3. The number of para-hydroxylation sites is 1. The first-order chi connectivity index (χ1) is 10.4. The monoisotopic (exact) mass is 311 g/mol. The number of hydrogen-bond donors (Lipinski definition) is 0. The second-order valence-electron chi connectivity index (χ2n) is 4.12. The Kier molecular flexibility index (Phi) is 6.92. The van der Waals surface area contributed by atoms with Crippen molar-refractivity contribution < 1.29 is 0 Å². The van der Waals surface area contributed by atoms with Crippen molar-refractivity contribution in [3.8, 4) is 0 Å². The molecule has 2 aromatic rings. The summed E-state index contributed by atoms with van der Waals surface area (Å²) in [6.45, 7) is 3.76. The van der Waals surface area contributed by atoms with Gasteiger partial charge in [-0.2, -0.15) is 0 Å². The van der Waals surface area contributed by atoms with Crippen molar-refractivity contribution in [2.24, 2.45) is 4.99 Å². The van der Waals surface area contributed by atoms with Crippen LogP contribution in [0.2, 0.25) is 0 Å². The summed E-state index contributed by atoms with van der Waals surface area (Å²) in [6, 6.07) is 20.3. The summed E-state index contributed by atoms with van der Waals surface area (Å²) in [5.74, 6) is 0.853. The van der Waals surface area contributed by atoms with Crippen LogP contribution in [0.15, 0.2) is 94.7 Å². The lowest BCUT2D eigenvalue weighted by molar-refractivity contribution is 1.47. The molecule has 2 rings (SSSR count). The maximum atomic E-state index is 4.66. The SMILES string of the molecule is C=CCSC(C=CSc1ccccc1)=Nc1ccccc1. The first-order valence-corrected chi connectivity index (χ1v) is 8.50. The summed E-state index contributed by atoms with van der Waals surface area (Å²) in [4.78, 5) is 5.88. The van der Waals surface area contributed by atoms with Crippen molar-refractivity contribution in [1.29, 1.82) is 0 Å². The van der Waals surface area contributed by atoms with Gasteiger partial charge < -0.3 is 0 Å². The minimum Gasteiger partial charge on any atom is -0.242 e. The zero-order valence-corrected chi connectivity index (χ0v) is 13.3. The highest BCUT2D eigenvalue weighted by atomic mass is 32.2. The molecule has 0 fully saturated rings. The summed E-state index contributed by atoms with van der Waals surface area (Å²) < 4.78 is 0. The Labute approximate surface area is 134 Å². The maximum Gasteiger partial charge on any atom is 0.0975 e. The van der Waals surface area contributed by atoms with Crippen LogP contribution in [-0.2, 0) is 0 Å². The quantitative estimate of drug-likeness (QED) is 0.283. The van der Waals surface area contributed by atoms with Crippen molar-refractivity contribution in [2.75, 3.05) is 5.75 Å². The Morgan fingerprint density at radius 3 is 2.33 bits per heavy atom. The minimum absolute atomic E-state index is 0.853. The highest BCUT2D eigenvalue weighted by Crippen LogP contribution is 2.21. The highest BCUT2D eigenvalue weighted by molar-refractivity contribution is 8.14. The molecule has 0 spiro atoms. The summed E-state index contributed by atoms with van der Waals surface area (Å²) >= 11 is 3.38. The summed E-state index contributed by atoms with van der Waals surface area (Å²) in [5, 5.41) is 3.07. The lowest BCUT2D eigenvalue weighted by Gasteiger charge is -2.00. The highest BCUT2D eigenvalue weighted by Gasteiger charge is 1.96. The van der Waals surface area contributed by atoms with Crippen molar-refractivity contribution in [2.45, 2.75) is 4.90 Å². The van der Waals surface area contributed by atoms with Gasteiger partial charge in [0.05, 0.1) is 10.7 Å². The third-order valence-corrected chi connectivity index (χ3v) is 4.24. The van der Waals surface area contributed by atoms with Gasteiger partial charge >= 0.3 is 0 Å². The topological polar surface area (TPSA) is 12.4 Å². The molecule has 0 amide bonds. The molecule has 1 nitrogen and oxygen atoms in total. The van der Waals surface area contributed by atoms with Crippen LogP contribution in [0.1, 0.15) is 0 Å². The van der Waals surface area contributed by atoms with Gasteiger partial charge in [0.25, 0.3) is 0 Å². The largest absolute Gasteiger partial charge is 0.242 e. The number of rotatable bonds is 6. The summed E-state index contributed by atoms with van der Waals surface area (Å²) in [6.07, 6.45) is 3.95. The average Bonchev–Trinajstić information content (AvgIpc) is 2.54. The molecule has 0 aliphatic carbocycles. The fourth-order valence-corrected chi connectivity index (χ4v) is 2.94. The Morgan fingerprint density at radius 1 is 1.00 bits per heavy atom. The van der Waals surface area contributed by atoms with E-state index in [4.69, 9.17) is 0 Å². The Bertz CT molecular complexity index is 604. The second-order valence-corrected chi connectivity index (χ2v) is 6.14. The van der Waals surface area contributed by atoms with Crippen LogP contribution in [0.25, 0.3) is 0 Å². The third kappa shape index (κ3) is 6.06. The molecular weight excluding hydrogens is 294 g/mol. The molecule has 0 N–H and O–H groups in total. The van der Waals surface area contributed by atoms with Crippen molar-refractivity contribution in [1.82, 2.24) is 0 Å². The normalized spacial score (nSPS) is 11.7. The fourth-order valence-electron chi connectivity index (χ4n) is 1.56. The van der Waals surface area contributed by atoms with E-state index in [0.717, 1.165) is 16.5 Å². The Hall–Kier alpha value is -1.71. The number of benzene rings is 2. The van der Waals surface area contributed by atoms with Crippen LogP contribution in [0.4, 0.5) is 5.69 Å². The average molecular weight is 311 g/mol. The van der Waals surface area contributed by atoms with Crippen LogP contribution >= 0.6 is 23.5 Å². The molecule has 0 saturated carbocycles. The lowest BCUT2D eigenvalue weighted by atomic mass is 10.3. The van der Waals surface area contributed by atoms with Crippen LogP contribution in [0, 0.1) is 0 Å². The van der Waals surface area contributed by atoms with E-state index >= 15 is 0 Å². The van der Waals surface area contributed by atoms with E-state index in [0.29, 0.717) is 0 Å². The van der Waals surface area contributed by atoms with Gasteiger partial charge in [0.1, 0.15) is 0 Å². The van der Waals surface area contributed by atoms with Gasteiger partial charge in [-0.05, 0) is 35.7 Å². The van der Waals surface area contributed by atoms with Crippen LogP contribution in [0.3, 0.4) is 0 Å². The van der Waals surface area contributed by atoms with Gasteiger partial charge in [-0.1, -0.05) is 54.2 Å². The molecule has 0 bridgehead atoms. The molecule has 0 aliphatic rings. The van der Waals surface area contributed by atoms with E-state index in [1.54, 1.807) is 23.5 Å². The summed E-state index contributed by atoms with van der Waals surface area (Å²) in [7, 11) is 0. The molecule has 0 unspecified atom stereocenters. The Balaban J connectivity index is 2.05. The molecule has 0 heterocycles. The smallest absolute Gasteiger partial charge is 0.0975 e. The van der Waals surface area contributed by atoms with Crippen molar-refractivity contribution in [3.05, 3.63) is 84.8 Å². The molecule has 0 saturated heterocycles. The first-order valence-electron chi connectivity index (χ1n) is 6.64. The standard InChI is InChI=1S/C18H17NS2/c1-2-14-21-18(19-16-9-5-3-6-10-16)13-15-20-17-11-7-4-8-12-17/h2-13,15H,1,14H2. The van der Waals surface area contributed by atoms with Gasteiger partial charge in [-0.15, -0.1) is 18.3 Å². The molecular formula is C18H17NS2. The van der Waals surface area contributed by atoms with E-state index in [1.807, 2.05) is 54.6 Å². The molecule has 0 atom stereocenters. The van der Waals surface area contributed by atoms with E-state index < -0.39 is 0 Å². The predicted octanol–water partition coefficient (Wildman–Crippen LogP) is 5.94. The summed E-state index contributed by atoms with van der Waals surface area (Å²) in [5.41, 5.74) is 0.971. The molecule has 3 heteroatoms. The number of aliphatic imine (C=N–C) groups is 1. The van der Waals surface area contributed by atoms with E-state index in [9.17, 15) is 0 Å². The van der Waals surface area contributed by atoms with Gasteiger partial charge in [0.15, 0.2) is 0 Å². The molecule has 0 radical (unpaired) electrons. The van der Waals surface area contributed by atoms with Crippen molar-refractivity contribution >= 4 is 34.3 Å². The van der Waals surface area contributed by atoms with Crippen LogP contribution in [-0.4, -0.2) is 10.8 Å². The van der Waals surface area contributed by atoms with Gasteiger partial charge in [-0.25, -0.2) is 4.99 Å². The fraction of sp³-hybridized carbons (Fsp3) is 0.0556. The predicted molar refractivity (Wildman–Crippen MR) is 97.6 cm³/mol. The lowest BCUT2D eigenvalue weighted by Crippen LogP contribution is -1.87. The van der Waals surface area contributed by atoms with E-state index in [2.05, 4.69) is 35.2 Å². The van der Waals surface area contributed by atoms with Crippen LogP contribution < -0.4 is 0 Å². The molecule has 0 aromatic heterocycles. The van der Waals surface area contributed by atoms with E-state index in [1.165, 1.54) is 4.90 Å². The van der Waals surface area contributed by atoms with Gasteiger partial charge in [0, 0.05) is 10.6 Å². The van der Waals surface area contributed by atoms with Gasteiger partial charge in [-0.3, -0.25) is 0 Å². The molecule has 2 aromatic carbocycles. The number of thioether (sulfide) groups is 2. The zero-order chi connectivity index (χ0) is 14.8. The van der Waals surface area contributed by atoms with Gasteiger partial charge in [0.2, 0.25) is 0 Å². The van der Waals surface area contributed by atoms with E-state index in [-0.39, 0.29) is 0 Å². The molecule has 0 aliphatic heterocycles. The molecule has 21 heavy (non-hydrogen) atoms. The maximum absolute atomic E-state index is 4.66. The first kappa shape index (κ1) is 15.7. The molecule has 106 valence electrons. The van der Waals surface area contributed by atoms with Crippen molar-refractivity contribution in [3.63, 3.8) is 0 Å². The second kappa shape index (κ2) is 9.27. The van der Waals surface area contributed by atoms with Crippen LogP contribution in [0.5, 0.6) is 0 Å². The number of nitrogens with zero attached hydrogens (tertiary/aromatic N) is 1. The Morgan fingerprint density at radius 2 is 1.67 bits per heavy atom.